The van der Waals surface area contributed by atoms with Crippen LogP contribution in [0.15, 0.2) is 24.3 Å². The van der Waals surface area contributed by atoms with Gasteiger partial charge in [-0.25, -0.2) is 17.5 Å². The number of sulfonamides is 1. The third-order valence-corrected chi connectivity index (χ3v) is 3.83. The highest BCUT2D eigenvalue weighted by atomic mass is 32.2. The van der Waals surface area contributed by atoms with Gasteiger partial charge < -0.3 is 5.32 Å². The number of carbonyl (C=O) groups excluding carboxylic acids is 1. The summed E-state index contributed by atoms with van der Waals surface area (Å²) in [5.74, 6) is -0.753. The van der Waals surface area contributed by atoms with Crippen molar-refractivity contribution in [1.29, 1.82) is 0 Å². The van der Waals surface area contributed by atoms with Gasteiger partial charge in [-0.05, 0) is 31.0 Å². The van der Waals surface area contributed by atoms with E-state index in [1.54, 1.807) is 12.1 Å². The first-order valence-electron chi connectivity index (χ1n) is 5.91. The molecule has 0 radical (unpaired) electrons. The van der Waals surface area contributed by atoms with Crippen molar-refractivity contribution in [2.24, 2.45) is 0 Å². The number of rotatable bonds is 7. The predicted octanol–water partition coefficient (Wildman–Crippen LogP) is 0.424. The smallest absolute Gasteiger partial charge is 0.235 e. The lowest BCUT2D eigenvalue weighted by atomic mass is 10.1. The molecular formula is C12H17FN2O3S. The first-order chi connectivity index (χ1) is 8.93. The molecule has 7 heteroatoms. The first kappa shape index (κ1) is 15.6. The molecule has 2 N–H and O–H groups in total. The molecule has 0 fully saturated rings. The monoisotopic (exact) mass is 288 g/mol. The van der Waals surface area contributed by atoms with E-state index < -0.39 is 10.0 Å². The summed E-state index contributed by atoms with van der Waals surface area (Å²) in [6, 6.07) is 5.99. The third kappa shape index (κ3) is 6.30. The van der Waals surface area contributed by atoms with Crippen LogP contribution in [0.2, 0.25) is 0 Å². The Hall–Kier alpha value is -1.47. The summed E-state index contributed by atoms with van der Waals surface area (Å²) in [6.07, 6.45) is 0.562. The second-order valence-corrected chi connectivity index (χ2v) is 6.05. The van der Waals surface area contributed by atoms with Crippen LogP contribution in [0.3, 0.4) is 0 Å². The number of benzene rings is 1. The zero-order chi connectivity index (χ0) is 14.3. The number of nitrogens with one attached hydrogen (secondary N) is 2. The lowest BCUT2D eigenvalue weighted by Crippen LogP contribution is -2.38. The lowest BCUT2D eigenvalue weighted by molar-refractivity contribution is -0.119. The quantitative estimate of drug-likeness (QED) is 0.763. The molecule has 0 saturated carbocycles. The van der Waals surface area contributed by atoms with E-state index in [4.69, 9.17) is 0 Å². The van der Waals surface area contributed by atoms with Gasteiger partial charge in [0.25, 0.3) is 0 Å². The maximum absolute atomic E-state index is 12.6. The molecule has 1 aromatic carbocycles. The molecule has 0 bridgehead atoms. The fourth-order valence-corrected chi connectivity index (χ4v) is 1.89. The van der Waals surface area contributed by atoms with Crippen molar-refractivity contribution in [3.63, 3.8) is 0 Å². The van der Waals surface area contributed by atoms with Crippen molar-refractivity contribution in [3.8, 4) is 0 Å². The van der Waals surface area contributed by atoms with E-state index in [1.165, 1.54) is 19.1 Å². The van der Waals surface area contributed by atoms with Crippen molar-refractivity contribution < 1.29 is 17.6 Å². The average Bonchev–Trinajstić information content (AvgIpc) is 2.39. The van der Waals surface area contributed by atoms with Gasteiger partial charge >= 0.3 is 0 Å². The van der Waals surface area contributed by atoms with Crippen LogP contribution in [0.4, 0.5) is 4.39 Å². The SMILES string of the molecule is CCS(=O)(=O)NCC(=O)NCCc1ccc(F)cc1. The topological polar surface area (TPSA) is 75.3 Å². The molecule has 0 aromatic heterocycles. The Kier molecular flexibility index (Phi) is 5.91. The fourth-order valence-electron chi connectivity index (χ4n) is 1.34. The Labute approximate surface area is 112 Å². The van der Waals surface area contributed by atoms with Crippen LogP contribution in [-0.2, 0) is 21.2 Å². The molecule has 1 aromatic rings. The molecule has 0 aliphatic rings. The summed E-state index contributed by atoms with van der Waals surface area (Å²) in [6.45, 7) is 1.60. The minimum absolute atomic E-state index is 0.0597. The van der Waals surface area contributed by atoms with Gasteiger partial charge in [0, 0.05) is 6.54 Å². The molecule has 106 valence electrons. The van der Waals surface area contributed by atoms with Gasteiger partial charge in [0.2, 0.25) is 15.9 Å². The van der Waals surface area contributed by atoms with Gasteiger partial charge in [0.05, 0.1) is 12.3 Å². The fraction of sp³-hybridized carbons (Fsp3) is 0.417. The molecule has 5 nitrogen and oxygen atoms in total. The molecule has 0 unspecified atom stereocenters. The largest absolute Gasteiger partial charge is 0.355 e. The van der Waals surface area contributed by atoms with Crippen LogP contribution < -0.4 is 10.0 Å². The summed E-state index contributed by atoms with van der Waals surface area (Å²) >= 11 is 0. The molecule has 0 aliphatic heterocycles. The van der Waals surface area contributed by atoms with E-state index in [0.717, 1.165) is 5.56 Å². The Morgan fingerprint density at radius 3 is 2.47 bits per heavy atom. The van der Waals surface area contributed by atoms with Crippen LogP contribution in [0.5, 0.6) is 0 Å². The summed E-state index contributed by atoms with van der Waals surface area (Å²) in [4.78, 5) is 11.4. The number of hydrogen-bond donors (Lipinski definition) is 2. The molecule has 1 amide bonds. The van der Waals surface area contributed by atoms with Crippen LogP contribution in [0, 0.1) is 5.82 Å². The molecule has 19 heavy (non-hydrogen) atoms. The molecule has 1 rings (SSSR count). The van der Waals surface area contributed by atoms with Gasteiger partial charge in [0.15, 0.2) is 0 Å². The van der Waals surface area contributed by atoms with Crippen molar-refractivity contribution in [2.75, 3.05) is 18.8 Å². The Morgan fingerprint density at radius 2 is 1.89 bits per heavy atom. The minimum Gasteiger partial charge on any atom is -0.355 e. The number of amides is 1. The second kappa shape index (κ2) is 7.20. The standard InChI is InChI=1S/C12H17FN2O3S/c1-2-19(17,18)15-9-12(16)14-8-7-10-3-5-11(13)6-4-10/h3-6,15H,2,7-9H2,1H3,(H,14,16). The molecule has 0 aliphatic carbocycles. The minimum atomic E-state index is -3.35. The normalized spacial score (nSPS) is 11.3. The van der Waals surface area contributed by atoms with E-state index in [9.17, 15) is 17.6 Å². The van der Waals surface area contributed by atoms with Crippen molar-refractivity contribution in [1.82, 2.24) is 10.0 Å². The Morgan fingerprint density at radius 1 is 1.26 bits per heavy atom. The lowest BCUT2D eigenvalue weighted by Gasteiger charge is -2.06. The Balaban J connectivity index is 2.26. The van der Waals surface area contributed by atoms with Crippen LogP contribution in [-0.4, -0.2) is 33.2 Å². The Bertz CT molecular complexity index is 514. The van der Waals surface area contributed by atoms with E-state index in [2.05, 4.69) is 10.0 Å². The maximum Gasteiger partial charge on any atom is 0.235 e. The maximum atomic E-state index is 12.6. The second-order valence-electron chi connectivity index (χ2n) is 3.95. The third-order valence-electron chi connectivity index (χ3n) is 2.48. The highest BCUT2D eigenvalue weighted by Crippen LogP contribution is 2.02. The predicted molar refractivity (Wildman–Crippen MR) is 70.6 cm³/mol. The highest BCUT2D eigenvalue weighted by molar-refractivity contribution is 7.89. The number of carbonyl (C=O) groups is 1. The van der Waals surface area contributed by atoms with Gasteiger partial charge in [0.1, 0.15) is 5.82 Å². The molecular weight excluding hydrogens is 271 g/mol. The highest BCUT2D eigenvalue weighted by Gasteiger charge is 2.08. The van der Waals surface area contributed by atoms with Crippen molar-refractivity contribution >= 4 is 15.9 Å². The van der Waals surface area contributed by atoms with E-state index in [-0.39, 0.29) is 24.0 Å². The molecule has 0 heterocycles. The van der Waals surface area contributed by atoms with Crippen molar-refractivity contribution in [3.05, 3.63) is 35.6 Å². The van der Waals surface area contributed by atoms with Gasteiger partial charge in [-0.1, -0.05) is 12.1 Å². The molecule has 0 atom stereocenters. The zero-order valence-corrected chi connectivity index (χ0v) is 11.5. The van der Waals surface area contributed by atoms with E-state index in [0.29, 0.717) is 13.0 Å². The van der Waals surface area contributed by atoms with Crippen LogP contribution >= 0.6 is 0 Å². The zero-order valence-electron chi connectivity index (χ0n) is 10.6. The number of hydrogen-bond acceptors (Lipinski definition) is 3. The summed E-state index contributed by atoms with van der Waals surface area (Å²) in [5, 5.41) is 2.58. The van der Waals surface area contributed by atoms with Gasteiger partial charge in [-0.3, -0.25) is 4.79 Å². The van der Waals surface area contributed by atoms with Gasteiger partial charge in [-0.2, -0.15) is 0 Å². The van der Waals surface area contributed by atoms with Crippen LogP contribution in [0.25, 0.3) is 0 Å². The van der Waals surface area contributed by atoms with Crippen molar-refractivity contribution in [2.45, 2.75) is 13.3 Å². The summed E-state index contributed by atoms with van der Waals surface area (Å²) in [5.41, 5.74) is 0.899. The van der Waals surface area contributed by atoms with E-state index >= 15 is 0 Å². The summed E-state index contributed by atoms with van der Waals surface area (Å²) in [7, 11) is -3.35. The number of halogens is 1. The van der Waals surface area contributed by atoms with Crippen LogP contribution in [0.1, 0.15) is 12.5 Å². The van der Waals surface area contributed by atoms with Gasteiger partial charge in [-0.15, -0.1) is 0 Å². The summed E-state index contributed by atoms with van der Waals surface area (Å²) < 4.78 is 37.0. The van der Waals surface area contributed by atoms with E-state index in [1.807, 2.05) is 0 Å². The average molecular weight is 288 g/mol. The first-order valence-corrected chi connectivity index (χ1v) is 7.56. The molecule has 0 spiro atoms. The molecule has 0 saturated heterocycles.